The van der Waals surface area contributed by atoms with E-state index in [1.165, 1.54) is 6.11 Å². The average molecular weight is 176 g/mol. The molecule has 0 radical (unpaired) electrons. The Hall–Kier alpha value is -1.95. The first-order chi connectivity index (χ1) is 6.33. The monoisotopic (exact) mass is 176 g/mol. The van der Waals surface area contributed by atoms with Crippen LogP contribution in [-0.2, 0) is 16.1 Å². The van der Waals surface area contributed by atoms with Crippen LogP contribution >= 0.6 is 0 Å². The topological polar surface area (TPSA) is 46.5 Å². The van der Waals surface area contributed by atoms with E-state index in [0.29, 0.717) is 0 Å². The van der Waals surface area contributed by atoms with Gasteiger partial charge in [0, 0.05) is 0 Å². The molecule has 3 heteroatoms. The number of hydrogen-bond donors (Lipinski definition) is 1. The van der Waals surface area contributed by atoms with Crippen LogP contribution in [0.3, 0.4) is 0 Å². The molecular formula is C10H8O3. The maximum absolute atomic E-state index is 10.7. The number of ether oxygens (including phenoxy) is 1. The molecule has 0 aliphatic rings. The van der Waals surface area contributed by atoms with E-state index in [0.717, 1.165) is 5.56 Å². The number of carbonyl (C=O) groups is 1. The van der Waals surface area contributed by atoms with Crippen molar-refractivity contribution in [1.82, 2.24) is 0 Å². The van der Waals surface area contributed by atoms with Gasteiger partial charge in [-0.05, 0) is 5.56 Å². The lowest BCUT2D eigenvalue weighted by atomic mass is 10.2. The smallest absolute Gasteiger partial charge is 0.388 e. The van der Waals surface area contributed by atoms with Crippen LogP contribution in [0.25, 0.3) is 0 Å². The summed E-state index contributed by atoms with van der Waals surface area (Å²) in [5.41, 5.74) is 0.885. The van der Waals surface area contributed by atoms with Crippen molar-refractivity contribution >= 4 is 5.97 Å². The Labute approximate surface area is 76.0 Å². The van der Waals surface area contributed by atoms with Crippen LogP contribution < -0.4 is 0 Å². The standard InChI is InChI=1S/C10H8O3/c11-7-6-10(12)13-8-9-4-2-1-3-5-9/h1-5,11H,8H2. The lowest BCUT2D eigenvalue weighted by Crippen LogP contribution is -2.00. The Balaban J connectivity index is 2.43. The first-order valence-corrected chi connectivity index (χ1v) is 3.68. The second-order valence-corrected chi connectivity index (χ2v) is 2.30. The van der Waals surface area contributed by atoms with Gasteiger partial charge in [0.2, 0.25) is 0 Å². The third kappa shape index (κ3) is 3.30. The molecule has 13 heavy (non-hydrogen) atoms. The Bertz CT molecular complexity index is 332. The van der Waals surface area contributed by atoms with Gasteiger partial charge < -0.3 is 9.84 Å². The Morgan fingerprint density at radius 3 is 2.69 bits per heavy atom. The summed E-state index contributed by atoms with van der Waals surface area (Å²) in [6.45, 7) is 0.175. The molecule has 0 heterocycles. The minimum Gasteiger partial charge on any atom is -0.462 e. The van der Waals surface area contributed by atoms with Crippen LogP contribution in [0.15, 0.2) is 30.3 Å². The molecular weight excluding hydrogens is 168 g/mol. The van der Waals surface area contributed by atoms with E-state index in [2.05, 4.69) is 0 Å². The molecule has 0 atom stereocenters. The van der Waals surface area contributed by atoms with Crippen molar-refractivity contribution in [3.05, 3.63) is 35.9 Å². The molecule has 3 nitrogen and oxygen atoms in total. The van der Waals surface area contributed by atoms with Gasteiger partial charge in [0.05, 0.1) is 5.92 Å². The van der Waals surface area contributed by atoms with Gasteiger partial charge >= 0.3 is 5.97 Å². The minimum absolute atomic E-state index is 0.175. The van der Waals surface area contributed by atoms with E-state index < -0.39 is 5.97 Å². The summed E-state index contributed by atoms with van der Waals surface area (Å²) in [5.74, 6) is 1.13. The highest BCUT2D eigenvalue weighted by Gasteiger charge is 1.97. The molecule has 66 valence electrons. The molecule has 1 N–H and O–H groups in total. The third-order valence-electron chi connectivity index (χ3n) is 1.37. The average Bonchev–Trinajstić information content (AvgIpc) is 2.17. The van der Waals surface area contributed by atoms with Gasteiger partial charge in [-0.2, -0.15) is 0 Å². The molecule has 1 aromatic carbocycles. The Kier molecular flexibility index (Phi) is 3.40. The number of esters is 1. The predicted octanol–water partition coefficient (Wildman–Crippen LogP) is 1.06. The van der Waals surface area contributed by atoms with Gasteiger partial charge in [0.15, 0.2) is 0 Å². The molecule has 0 aliphatic carbocycles. The summed E-state index contributed by atoms with van der Waals surface area (Å²) >= 11 is 0. The van der Waals surface area contributed by atoms with Crippen molar-refractivity contribution in [2.24, 2.45) is 0 Å². The normalized spacial score (nSPS) is 8.31. The zero-order valence-corrected chi connectivity index (χ0v) is 6.86. The highest BCUT2D eigenvalue weighted by atomic mass is 16.5. The summed E-state index contributed by atoms with van der Waals surface area (Å²) in [7, 11) is 0. The Morgan fingerprint density at radius 1 is 1.38 bits per heavy atom. The molecule has 0 fully saturated rings. The van der Waals surface area contributed by atoms with Crippen molar-refractivity contribution < 1.29 is 14.6 Å². The summed E-state index contributed by atoms with van der Waals surface area (Å²) in [6, 6.07) is 9.24. The van der Waals surface area contributed by atoms with Crippen molar-refractivity contribution in [3.8, 4) is 12.0 Å². The zero-order valence-electron chi connectivity index (χ0n) is 6.86. The zero-order chi connectivity index (χ0) is 9.52. The second kappa shape index (κ2) is 4.83. The number of aliphatic hydroxyl groups is 1. The van der Waals surface area contributed by atoms with Gasteiger partial charge in [-0.1, -0.05) is 30.3 Å². The highest BCUT2D eigenvalue weighted by molar-refractivity contribution is 5.87. The lowest BCUT2D eigenvalue weighted by Gasteiger charge is -1.99. The highest BCUT2D eigenvalue weighted by Crippen LogP contribution is 1.99. The lowest BCUT2D eigenvalue weighted by molar-refractivity contribution is -0.137. The van der Waals surface area contributed by atoms with Crippen LogP contribution in [0.1, 0.15) is 5.56 Å². The second-order valence-electron chi connectivity index (χ2n) is 2.30. The number of rotatable bonds is 2. The number of aliphatic hydroxyl groups excluding tert-OH is 1. The third-order valence-corrected chi connectivity index (χ3v) is 1.37. The molecule has 0 aliphatic heterocycles. The van der Waals surface area contributed by atoms with Crippen LogP contribution in [0.4, 0.5) is 0 Å². The van der Waals surface area contributed by atoms with Crippen molar-refractivity contribution in [2.75, 3.05) is 0 Å². The van der Waals surface area contributed by atoms with E-state index in [4.69, 9.17) is 9.84 Å². The van der Waals surface area contributed by atoms with E-state index >= 15 is 0 Å². The van der Waals surface area contributed by atoms with E-state index in [-0.39, 0.29) is 6.61 Å². The molecule has 1 aromatic rings. The summed E-state index contributed by atoms with van der Waals surface area (Å²) < 4.78 is 4.70. The van der Waals surface area contributed by atoms with Crippen LogP contribution in [0.2, 0.25) is 0 Å². The maximum Gasteiger partial charge on any atom is 0.388 e. The maximum atomic E-state index is 10.7. The van der Waals surface area contributed by atoms with Crippen molar-refractivity contribution in [2.45, 2.75) is 6.61 Å². The van der Waals surface area contributed by atoms with Gasteiger partial charge in [-0.15, -0.1) is 0 Å². The summed E-state index contributed by atoms with van der Waals surface area (Å²) in [5, 5.41) is 8.07. The fourth-order valence-corrected chi connectivity index (χ4v) is 0.805. The van der Waals surface area contributed by atoms with Crippen molar-refractivity contribution in [1.29, 1.82) is 0 Å². The molecule has 0 saturated carbocycles. The first kappa shape index (κ1) is 9.14. The fraction of sp³-hybridized carbons (Fsp3) is 0.100. The molecule has 0 spiro atoms. The number of carbonyl (C=O) groups excluding carboxylic acids is 1. The van der Waals surface area contributed by atoms with Crippen LogP contribution in [0, 0.1) is 12.0 Å². The van der Waals surface area contributed by atoms with Gasteiger partial charge in [-0.25, -0.2) is 4.79 Å². The number of hydrogen-bond acceptors (Lipinski definition) is 3. The Morgan fingerprint density at radius 2 is 2.08 bits per heavy atom. The van der Waals surface area contributed by atoms with Crippen molar-refractivity contribution in [3.63, 3.8) is 0 Å². The van der Waals surface area contributed by atoms with E-state index in [1.54, 1.807) is 0 Å². The molecule has 0 saturated heterocycles. The molecule has 0 amide bonds. The van der Waals surface area contributed by atoms with E-state index in [1.807, 2.05) is 36.3 Å². The van der Waals surface area contributed by atoms with Gasteiger partial charge in [0.1, 0.15) is 12.7 Å². The van der Waals surface area contributed by atoms with Crippen LogP contribution in [-0.4, -0.2) is 11.1 Å². The minimum atomic E-state index is -0.730. The molecule has 0 unspecified atom stereocenters. The van der Waals surface area contributed by atoms with Gasteiger partial charge in [-0.3, -0.25) is 0 Å². The largest absolute Gasteiger partial charge is 0.462 e. The molecule has 0 aromatic heterocycles. The van der Waals surface area contributed by atoms with E-state index in [9.17, 15) is 4.79 Å². The molecule has 1 rings (SSSR count). The SMILES string of the molecule is O=C(C#CO)OCc1ccccc1. The quantitative estimate of drug-likeness (QED) is 0.541. The molecule has 0 bridgehead atoms. The summed E-state index contributed by atoms with van der Waals surface area (Å²) in [6.07, 6.45) is 1.48. The van der Waals surface area contributed by atoms with Gasteiger partial charge in [0.25, 0.3) is 0 Å². The number of benzene rings is 1. The predicted molar refractivity (Wildman–Crippen MR) is 45.9 cm³/mol. The van der Waals surface area contributed by atoms with Crippen LogP contribution in [0.5, 0.6) is 0 Å². The first-order valence-electron chi connectivity index (χ1n) is 3.68. The summed E-state index contributed by atoms with van der Waals surface area (Å²) in [4.78, 5) is 10.7. The fourth-order valence-electron chi connectivity index (χ4n) is 0.805.